The summed E-state index contributed by atoms with van der Waals surface area (Å²) in [6.07, 6.45) is 2.17. The van der Waals surface area contributed by atoms with E-state index in [4.69, 9.17) is 16.6 Å². The molecule has 136 valence electrons. The van der Waals surface area contributed by atoms with Crippen LogP contribution in [-0.4, -0.2) is 39.2 Å². The van der Waals surface area contributed by atoms with Gasteiger partial charge in [-0.1, -0.05) is 23.7 Å². The van der Waals surface area contributed by atoms with Gasteiger partial charge in [0.1, 0.15) is 12.4 Å². The van der Waals surface area contributed by atoms with Crippen LogP contribution >= 0.6 is 35.6 Å². The minimum absolute atomic E-state index is 0. The highest BCUT2D eigenvalue weighted by Gasteiger charge is 2.17. The Morgan fingerprint density at radius 1 is 1.40 bits per heavy atom. The van der Waals surface area contributed by atoms with Crippen LogP contribution in [0.3, 0.4) is 0 Å². The largest absolute Gasteiger partial charge is 0.357 e. The summed E-state index contributed by atoms with van der Waals surface area (Å²) in [6.45, 7) is 5.16. The van der Waals surface area contributed by atoms with Gasteiger partial charge < -0.3 is 14.8 Å². The zero-order valence-electron chi connectivity index (χ0n) is 14.6. The highest BCUT2D eigenvalue weighted by atomic mass is 127. The predicted octanol–water partition coefficient (Wildman–Crippen LogP) is 3.09. The van der Waals surface area contributed by atoms with Gasteiger partial charge in [0, 0.05) is 38.1 Å². The Kier molecular flexibility index (Phi) is 7.49. The van der Waals surface area contributed by atoms with Gasteiger partial charge in [-0.15, -0.1) is 34.2 Å². The fraction of sp³-hybridized carbons (Fsp3) is 0.471. The zero-order valence-corrected chi connectivity index (χ0v) is 17.7. The Hall–Kier alpha value is -1.35. The summed E-state index contributed by atoms with van der Waals surface area (Å²) in [5.74, 6) is 2.87. The van der Waals surface area contributed by atoms with Gasteiger partial charge in [0.05, 0.1) is 0 Å². The lowest BCUT2D eigenvalue weighted by molar-refractivity contribution is 0.476. The highest BCUT2D eigenvalue weighted by Crippen LogP contribution is 2.15. The monoisotopic (exact) mass is 474 g/mol. The SMILES string of the molecule is CCNC(=NCc1nnc2n1CCC2)N(C)Cc1cccc(Cl)c1.I. The number of aromatic nitrogens is 3. The van der Waals surface area contributed by atoms with Crippen molar-refractivity contribution in [3.8, 4) is 0 Å². The lowest BCUT2D eigenvalue weighted by atomic mass is 10.2. The van der Waals surface area contributed by atoms with Gasteiger partial charge >= 0.3 is 0 Å². The van der Waals surface area contributed by atoms with E-state index in [2.05, 4.69) is 38.0 Å². The molecule has 0 saturated heterocycles. The first-order valence-corrected chi connectivity index (χ1v) is 8.70. The number of benzene rings is 1. The minimum atomic E-state index is 0. The Labute approximate surface area is 170 Å². The molecule has 1 aliphatic rings. The van der Waals surface area contributed by atoms with Crippen molar-refractivity contribution >= 4 is 41.5 Å². The van der Waals surface area contributed by atoms with Crippen LogP contribution < -0.4 is 5.32 Å². The molecule has 0 bridgehead atoms. The van der Waals surface area contributed by atoms with Crippen LogP contribution in [0.5, 0.6) is 0 Å². The van der Waals surface area contributed by atoms with Gasteiger partial charge in [0.25, 0.3) is 0 Å². The molecule has 0 aliphatic carbocycles. The number of aliphatic imine (C=N–C) groups is 1. The lowest BCUT2D eigenvalue weighted by Gasteiger charge is -2.22. The molecule has 0 amide bonds. The Morgan fingerprint density at radius 2 is 2.24 bits per heavy atom. The number of hydrogen-bond donors (Lipinski definition) is 1. The number of nitrogens with zero attached hydrogens (tertiary/aromatic N) is 5. The number of nitrogens with one attached hydrogen (secondary N) is 1. The Bertz CT molecular complexity index is 730. The molecule has 1 aliphatic heterocycles. The van der Waals surface area contributed by atoms with Crippen LogP contribution in [0.15, 0.2) is 29.3 Å². The van der Waals surface area contributed by atoms with Gasteiger partial charge in [-0.2, -0.15) is 0 Å². The molecular weight excluding hydrogens is 451 g/mol. The highest BCUT2D eigenvalue weighted by molar-refractivity contribution is 14.0. The summed E-state index contributed by atoms with van der Waals surface area (Å²) in [6, 6.07) is 7.90. The summed E-state index contributed by atoms with van der Waals surface area (Å²) in [5, 5.41) is 12.6. The van der Waals surface area contributed by atoms with Crippen molar-refractivity contribution in [3.05, 3.63) is 46.5 Å². The maximum Gasteiger partial charge on any atom is 0.194 e. The molecule has 0 radical (unpaired) electrons. The number of rotatable bonds is 5. The first-order valence-electron chi connectivity index (χ1n) is 8.32. The van der Waals surface area contributed by atoms with Crippen molar-refractivity contribution in [1.82, 2.24) is 25.0 Å². The van der Waals surface area contributed by atoms with Crippen LogP contribution in [0.4, 0.5) is 0 Å². The number of fused-ring (bicyclic) bond motifs is 1. The summed E-state index contributed by atoms with van der Waals surface area (Å²) < 4.78 is 2.18. The third kappa shape index (κ3) is 5.07. The predicted molar refractivity (Wildman–Crippen MR) is 111 cm³/mol. The van der Waals surface area contributed by atoms with E-state index in [-0.39, 0.29) is 24.0 Å². The maximum atomic E-state index is 6.07. The van der Waals surface area contributed by atoms with Crippen molar-refractivity contribution in [3.63, 3.8) is 0 Å². The van der Waals surface area contributed by atoms with Crippen LogP contribution in [0, 0.1) is 0 Å². The third-order valence-electron chi connectivity index (χ3n) is 4.06. The summed E-state index contributed by atoms with van der Waals surface area (Å²) in [4.78, 5) is 6.82. The lowest BCUT2D eigenvalue weighted by Crippen LogP contribution is -2.38. The van der Waals surface area contributed by atoms with E-state index in [0.29, 0.717) is 6.54 Å². The van der Waals surface area contributed by atoms with Crippen LogP contribution in [-0.2, 0) is 26.1 Å². The number of halogens is 2. The average molecular weight is 475 g/mol. The van der Waals surface area contributed by atoms with Crippen molar-refractivity contribution in [2.24, 2.45) is 4.99 Å². The topological polar surface area (TPSA) is 58.3 Å². The van der Waals surface area contributed by atoms with E-state index < -0.39 is 0 Å². The standard InChI is InChI=1S/C17H23ClN6.HI/c1-3-19-17(23(2)12-13-6-4-7-14(18)10-13)20-11-16-22-21-15-8-5-9-24(15)16;/h4,6-7,10H,3,5,8-9,11-12H2,1-2H3,(H,19,20);1H. The number of guanidine groups is 1. The average Bonchev–Trinajstić information content (AvgIpc) is 3.15. The summed E-state index contributed by atoms with van der Waals surface area (Å²) in [5.41, 5.74) is 1.15. The molecule has 8 heteroatoms. The van der Waals surface area contributed by atoms with E-state index in [1.807, 2.05) is 25.2 Å². The van der Waals surface area contributed by atoms with E-state index in [1.165, 1.54) is 0 Å². The van der Waals surface area contributed by atoms with E-state index in [9.17, 15) is 0 Å². The Balaban J connectivity index is 0.00000225. The second-order valence-electron chi connectivity index (χ2n) is 5.94. The number of aryl methyl sites for hydroxylation is 1. The molecule has 2 aromatic rings. The molecule has 2 heterocycles. The van der Waals surface area contributed by atoms with Crippen molar-refractivity contribution < 1.29 is 0 Å². The summed E-state index contributed by atoms with van der Waals surface area (Å²) >= 11 is 6.07. The first-order chi connectivity index (χ1) is 11.7. The van der Waals surface area contributed by atoms with E-state index >= 15 is 0 Å². The molecule has 1 aromatic carbocycles. The van der Waals surface area contributed by atoms with Crippen LogP contribution in [0.1, 0.15) is 30.6 Å². The molecule has 1 aromatic heterocycles. The van der Waals surface area contributed by atoms with Gasteiger partial charge in [0.15, 0.2) is 11.8 Å². The van der Waals surface area contributed by atoms with E-state index in [0.717, 1.165) is 60.7 Å². The molecule has 25 heavy (non-hydrogen) atoms. The van der Waals surface area contributed by atoms with Gasteiger partial charge in [0.2, 0.25) is 0 Å². The van der Waals surface area contributed by atoms with Crippen LogP contribution in [0.25, 0.3) is 0 Å². The van der Waals surface area contributed by atoms with Gasteiger partial charge in [-0.25, -0.2) is 4.99 Å². The molecule has 0 unspecified atom stereocenters. The zero-order chi connectivity index (χ0) is 16.9. The molecular formula is C17H24ClIN6. The smallest absolute Gasteiger partial charge is 0.194 e. The van der Waals surface area contributed by atoms with Gasteiger partial charge in [-0.3, -0.25) is 0 Å². The van der Waals surface area contributed by atoms with Gasteiger partial charge in [-0.05, 0) is 31.0 Å². The Morgan fingerprint density at radius 3 is 3.00 bits per heavy atom. The maximum absolute atomic E-state index is 6.07. The van der Waals surface area contributed by atoms with Crippen molar-refractivity contribution in [2.75, 3.05) is 13.6 Å². The fourth-order valence-corrected chi connectivity index (χ4v) is 3.14. The van der Waals surface area contributed by atoms with Crippen LogP contribution in [0.2, 0.25) is 5.02 Å². The molecule has 1 N–H and O–H groups in total. The molecule has 0 spiro atoms. The van der Waals surface area contributed by atoms with E-state index in [1.54, 1.807) is 0 Å². The second-order valence-corrected chi connectivity index (χ2v) is 6.38. The second kappa shape index (κ2) is 9.38. The summed E-state index contributed by atoms with van der Waals surface area (Å²) in [7, 11) is 2.02. The molecule has 0 atom stereocenters. The fourth-order valence-electron chi connectivity index (χ4n) is 2.93. The molecule has 0 fully saturated rings. The van der Waals surface area contributed by atoms with Crippen molar-refractivity contribution in [1.29, 1.82) is 0 Å². The normalized spacial score (nSPS) is 13.3. The van der Waals surface area contributed by atoms with Crippen molar-refractivity contribution in [2.45, 2.75) is 39.4 Å². The minimum Gasteiger partial charge on any atom is -0.357 e. The first kappa shape index (κ1) is 20.0. The molecule has 6 nitrogen and oxygen atoms in total. The molecule has 0 saturated carbocycles. The third-order valence-corrected chi connectivity index (χ3v) is 4.30. The molecule has 3 rings (SSSR count). The number of hydrogen-bond acceptors (Lipinski definition) is 3. The quantitative estimate of drug-likeness (QED) is 0.411.